The molecule has 24 heavy (non-hydrogen) atoms. The Hall–Kier alpha value is -1.70. The van der Waals surface area contributed by atoms with Crippen LogP contribution in [0, 0.1) is 0 Å². The largest absolute Gasteiger partial charge is 0.480 e. The molecule has 1 aromatic rings. The van der Waals surface area contributed by atoms with Crippen LogP contribution in [0.4, 0.5) is 0 Å². The Labute approximate surface area is 149 Å². The summed E-state index contributed by atoms with van der Waals surface area (Å²) in [5, 5.41) is 9.59. The van der Waals surface area contributed by atoms with Crippen LogP contribution in [-0.2, 0) is 20.7 Å². The van der Waals surface area contributed by atoms with Crippen LogP contribution < -0.4 is 0 Å². The second kappa shape index (κ2) is 7.46. The lowest BCUT2D eigenvalue weighted by molar-refractivity contribution is -0.145. The first kappa shape index (κ1) is 17.1. The van der Waals surface area contributed by atoms with Gasteiger partial charge in [0, 0.05) is 13.0 Å². The summed E-state index contributed by atoms with van der Waals surface area (Å²) in [7, 11) is 0. The predicted octanol–water partition coefficient (Wildman–Crippen LogP) is 2.61. The second-order valence-corrected chi connectivity index (χ2v) is 7.35. The van der Waals surface area contributed by atoms with Crippen LogP contribution in [0.2, 0.25) is 0 Å². The van der Waals surface area contributed by atoms with Gasteiger partial charge in [0.1, 0.15) is 10.4 Å². The number of ether oxygens (including phenoxy) is 1. The van der Waals surface area contributed by atoms with E-state index < -0.39 is 12.0 Å². The van der Waals surface area contributed by atoms with Gasteiger partial charge >= 0.3 is 5.97 Å². The maximum atomic E-state index is 12.7. The Balaban J connectivity index is 1.81. The zero-order chi connectivity index (χ0) is 17.1. The standard InChI is InChI=1S/C17H17NO4S2/c19-15-14(10-12-7-4-8-22-12)24-17(23)18(15)13(16(20)21)9-11-5-2-1-3-6-11/h1-3,5-6,10,12-13H,4,7-9H2,(H,20,21). The number of carbonyl (C=O) groups excluding carboxylic acids is 1. The second-order valence-electron chi connectivity index (χ2n) is 5.67. The molecule has 2 heterocycles. The summed E-state index contributed by atoms with van der Waals surface area (Å²) < 4.78 is 5.80. The van der Waals surface area contributed by atoms with Crippen molar-refractivity contribution < 1.29 is 19.4 Å². The number of hydrogen-bond donors (Lipinski definition) is 1. The number of nitrogens with zero attached hydrogens (tertiary/aromatic N) is 1. The van der Waals surface area contributed by atoms with E-state index in [9.17, 15) is 14.7 Å². The van der Waals surface area contributed by atoms with Gasteiger partial charge in [0.15, 0.2) is 0 Å². The number of hydrogen-bond acceptors (Lipinski definition) is 5. The first-order chi connectivity index (χ1) is 11.6. The van der Waals surface area contributed by atoms with Gasteiger partial charge in [0.25, 0.3) is 5.91 Å². The van der Waals surface area contributed by atoms with Gasteiger partial charge in [-0.2, -0.15) is 0 Å². The highest BCUT2D eigenvalue weighted by molar-refractivity contribution is 8.26. The molecule has 2 atom stereocenters. The van der Waals surface area contributed by atoms with Crippen molar-refractivity contribution in [3.8, 4) is 0 Å². The van der Waals surface area contributed by atoms with Crippen molar-refractivity contribution in [2.45, 2.75) is 31.4 Å². The van der Waals surface area contributed by atoms with Gasteiger partial charge in [-0.25, -0.2) is 4.79 Å². The molecule has 0 aliphatic carbocycles. The van der Waals surface area contributed by atoms with Crippen molar-refractivity contribution >= 4 is 40.2 Å². The Morgan fingerprint density at radius 1 is 1.46 bits per heavy atom. The van der Waals surface area contributed by atoms with Gasteiger partial charge in [-0.1, -0.05) is 54.3 Å². The summed E-state index contributed by atoms with van der Waals surface area (Å²) in [5.74, 6) is -1.41. The van der Waals surface area contributed by atoms with E-state index in [1.165, 1.54) is 4.90 Å². The van der Waals surface area contributed by atoms with Crippen LogP contribution in [0.1, 0.15) is 18.4 Å². The molecule has 0 aromatic heterocycles. The number of thioether (sulfide) groups is 1. The van der Waals surface area contributed by atoms with Crippen LogP contribution in [0.15, 0.2) is 41.3 Å². The predicted molar refractivity (Wildman–Crippen MR) is 95.7 cm³/mol. The number of benzene rings is 1. The van der Waals surface area contributed by atoms with E-state index in [4.69, 9.17) is 17.0 Å². The molecule has 7 heteroatoms. The molecule has 2 aliphatic rings. The zero-order valence-corrected chi connectivity index (χ0v) is 14.5. The molecular weight excluding hydrogens is 346 g/mol. The van der Waals surface area contributed by atoms with Crippen LogP contribution >= 0.6 is 24.0 Å². The third kappa shape index (κ3) is 3.68. The lowest BCUT2D eigenvalue weighted by Gasteiger charge is -2.23. The summed E-state index contributed by atoms with van der Waals surface area (Å²) >= 11 is 6.42. The quantitative estimate of drug-likeness (QED) is 0.641. The van der Waals surface area contributed by atoms with E-state index in [0.29, 0.717) is 11.5 Å². The number of carboxylic acid groups (broad SMARTS) is 1. The number of thiocarbonyl (C=S) groups is 1. The molecular formula is C17H17NO4S2. The molecule has 1 amide bonds. The van der Waals surface area contributed by atoms with Crippen molar-refractivity contribution in [1.82, 2.24) is 4.90 Å². The SMILES string of the molecule is O=C(O)C(Cc1ccccc1)N1C(=O)C(=CC2CCCO2)SC1=S. The maximum absolute atomic E-state index is 12.7. The summed E-state index contributed by atoms with van der Waals surface area (Å²) in [5.41, 5.74) is 0.849. The zero-order valence-electron chi connectivity index (χ0n) is 12.9. The van der Waals surface area contributed by atoms with Gasteiger partial charge in [-0.3, -0.25) is 9.69 Å². The van der Waals surface area contributed by atoms with Crippen molar-refractivity contribution in [3.05, 3.63) is 46.9 Å². The van der Waals surface area contributed by atoms with Crippen LogP contribution in [0.3, 0.4) is 0 Å². The van der Waals surface area contributed by atoms with E-state index >= 15 is 0 Å². The Kier molecular flexibility index (Phi) is 5.33. The third-order valence-corrected chi connectivity index (χ3v) is 5.34. The fraction of sp³-hybridized carbons (Fsp3) is 0.353. The summed E-state index contributed by atoms with van der Waals surface area (Å²) in [6.07, 6.45) is 3.74. The average molecular weight is 363 g/mol. The number of amides is 1. The molecule has 5 nitrogen and oxygen atoms in total. The summed E-state index contributed by atoms with van der Waals surface area (Å²) in [6, 6.07) is 8.23. The van der Waals surface area contributed by atoms with Crippen LogP contribution in [0.5, 0.6) is 0 Å². The first-order valence-corrected chi connectivity index (χ1v) is 8.94. The van der Waals surface area contributed by atoms with Crippen molar-refractivity contribution in [2.24, 2.45) is 0 Å². The maximum Gasteiger partial charge on any atom is 0.327 e. The number of rotatable bonds is 5. The van der Waals surface area contributed by atoms with Crippen molar-refractivity contribution in [1.29, 1.82) is 0 Å². The fourth-order valence-electron chi connectivity index (χ4n) is 2.79. The lowest BCUT2D eigenvalue weighted by atomic mass is 10.0. The third-order valence-electron chi connectivity index (χ3n) is 3.99. The van der Waals surface area contributed by atoms with Gasteiger partial charge < -0.3 is 9.84 Å². The molecule has 2 saturated heterocycles. The van der Waals surface area contributed by atoms with E-state index in [2.05, 4.69) is 0 Å². The van der Waals surface area contributed by atoms with Crippen LogP contribution in [-0.4, -0.2) is 45.0 Å². The highest BCUT2D eigenvalue weighted by atomic mass is 32.2. The molecule has 1 aromatic carbocycles. The summed E-state index contributed by atoms with van der Waals surface area (Å²) in [6.45, 7) is 0.688. The molecule has 1 N–H and O–H groups in total. The summed E-state index contributed by atoms with van der Waals surface area (Å²) in [4.78, 5) is 26.1. The van der Waals surface area contributed by atoms with Gasteiger partial charge in [0.05, 0.1) is 11.0 Å². The van der Waals surface area contributed by atoms with Crippen LogP contribution in [0.25, 0.3) is 0 Å². The minimum atomic E-state index is -1.06. The van der Waals surface area contributed by atoms with Crippen molar-refractivity contribution in [2.75, 3.05) is 6.61 Å². The molecule has 3 rings (SSSR count). The molecule has 2 unspecified atom stereocenters. The molecule has 0 bridgehead atoms. The molecule has 2 aliphatic heterocycles. The Bertz CT molecular complexity index is 683. The number of carboxylic acids is 1. The van der Waals surface area contributed by atoms with E-state index in [1.54, 1.807) is 6.08 Å². The smallest absolute Gasteiger partial charge is 0.327 e. The molecule has 0 saturated carbocycles. The topological polar surface area (TPSA) is 66.8 Å². The average Bonchev–Trinajstić information content (AvgIpc) is 3.16. The van der Waals surface area contributed by atoms with E-state index in [1.807, 2.05) is 30.3 Å². The Morgan fingerprint density at radius 2 is 2.21 bits per heavy atom. The number of aliphatic carboxylic acids is 1. The van der Waals surface area contributed by atoms with E-state index in [0.717, 1.165) is 30.2 Å². The lowest BCUT2D eigenvalue weighted by Crippen LogP contribution is -2.45. The minimum Gasteiger partial charge on any atom is -0.480 e. The molecule has 0 radical (unpaired) electrons. The molecule has 126 valence electrons. The van der Waals surface area contributed by atoms with E-state index in [-0.39, 0.29) is 22.8 Å². The fourth-order valence-corrected chi connectivity index (χ4v) is 4.17. The Morgan fingerprint density at radius 3 is 2.83 bits per heavy atom. The van der Waals surface area contributed by atoms with Crippen molar-refractivity contribution in [3.63, 3.8) is 0 Å². The first-order valence-electron chi connectivity index (χ1n) is 7.72. The normalized spacial score (nSPS) is 23.9. The molecule has 0 spiro atoms. The highest BCUT2D eigenvalue weighted by Crippen LogP contribution is 2.34. The van der Waals surface area contributed by atoms with Gasteiger partial charge in [0.2, 0.25) is 0 Å². The monoisotopic (exact) mass is 363 g/mol. The highest BCUT2D eigenvalue weighted by Gasteiger charge is 2.40. The van der Waals surface area contributed by atoms with Gasteiger partial charge in [-0.05, 0) is 24.5 Å². The van der Waals surface area contributed by atoms with Gasteiger partial charge in [-0.15, -0.1) is 0 Å². The minimum absolute atomic E-state index is 0.0865. The number of carbonyl (C=O) groups is 2. The molecule has 2 fully saturated rings.